The van der Waals surface area contributed by atoms with Crippen LogP contribution in [0.25, 0.3) is 0 Å². The van der Waals surface area contributed by atoms with E-state index in [2.05, 4.69) is 29.0 Å². The predicted molar refractivity (Wildman–Crippen MR) is 89.3 cm³/mol. The summed E-state index contributed by atoms with van der Waals surface area (Å²) in [7, 11) is 4.08. The molecule has 0 saturated carbocycles. The molecular weight excluding hydrogens is 264 g/mol. The molecule has 0 saturated heterocycles. The van der Waals surface area contributed by atoms with Gasteiger partial charge in [0.1, 0.15) is 0 Å². The van der Waals surface area contributed by atoms with Crippen molar-refractivity contribution in [3.8, 4) is 0 Å². The van der Waals surface area contributed by atoms with E-state index in [9.17, 15) is 4.79 Å². The number of amides is 1. The summed E-state index contributed by atoms with van der Waals surface area (Å²) in [5, 5.41) is 2.91. The van der Waals surface area contributed by atoms with Gasteiger partial charge in [-0.1, -0.05) is 19.1 Å². The number of anilines is 2. The fourth-order valence-corrected chi connectivity index (χ4v) is 2.60. The highest BCUT2D eigenvalue weighted by atomic mass is 16.2. The Kier molecular flexibility index (Phi) is 6.65. The van der Waals surface area contributed by atoms with Crippen LogP contribution in [0.2, 0.25) is 0 Å². The van der Waals surface area contributed by atoms with E-state index < -0.39 is 0 Å². The maximum atomic E-state index is 12.4. The van der Waals surface area contributed by atoms with E-state index in [4.69, 9.17) is 5.73 Å². The van der Waals surface area contributed by atoms with Crippen molar-refractivity contribution in [1.82, 2.24) is 9.80 Å². The molecule has 1 rings (SSSR count). The molecule has 0 fully saturated rings. The van der Waals surface area contributed by atoms with Crippen LogP contribution in [0.4, 0.5) is 11.4 Å². The number of nitrogens with one attached hydrogen (secondary N) is 1. The van der Waals surface area contributed by atoms with Crippen molar-refractivity contribution in [1.29, 1.82) is 0 Å². The molecule has 0 heterocycles. The minimum Gasteiger partial charge on any atom is -0.397 e. The van der Waals surface area contributed by atoms with Gasteiger partial charge >= 0.3 is 0 Å². The van der Waals surface area contributed by atoms with Crippen molar-refractivity contribution in [2.24, 2.45) is 0 Å². The normalized spacial score (nSPS) is 14.2. The Hall–Kier alpha value is -1.59. The highest BCUT2D eigenvalue weighted by Crippen LogP contribution is 2.18. The molecule has 1 aromatic carbocycles. The molecule has 118 valence electrons. The second-order valence-corrected chi connectivity index (χ2v) is 5.69. The SMILES string of the molecule is CCN(C(C)CN(C)C)C(C)C(=O)Nc1ccccc1N. The van der Waals surface area contributed by atoms with Crippen LogP contribution in [0.15, 0.2) is 24.3 Å². The molecular formula is C16H28N4O. The zero-order valence-electron chi connectivity index (χ0n) is 13.8. The highest BCUT2D eigenvalue weighted by Gasteiger charge is 2.25. The number of rotatable bonds is 7. The third kappa shape index (κ3) is 5.02. The molecule has 0 aliphatic heterocycles. The smallest absolute Gasteiger partial charge is 0.241 e. The van der Waals surface area contributed by atoms with Gasteiger partial charge in [0.05, 0.1) is 17.4 Å². The quantitative estimate of drug-likeness (QED) is 0.753. The number of nitrogens with two attached hydrogens (primary N) is 1. The summed E-state index contributed by atoms with van der Waals surface area (Å²) in [5.41, 5.74) is 7.13. The van der Waals surface area contributed by atoms with Gasteiger partial charge in [-0.15, -0.1) is 0 Å². The summed E-state index contributed by atoms with van der Waals surface area (Å²) in [5.74, 6) is -0.0274. The monoisotopic (exact) mass is 292 g/mol. The van der Waals surface area contributed by atoms with Crippen LogP contribution in [0, 0.1) is 0 Å². The molecule has 5 heteroatoms. The number of hydrogen-bond acceptors (Lipinski definition) is 4. The number of hydrogen-bond donors (Lipinski definition) is 2. The lowest BCUT2D eigenvalue weighted by Gasteiger charge is -2.34. The van der Waals surface area contributed by atoms with Gasteiger partial charge in [-0.25, -0.2) is 0 Å². The predicted octanol–water partition coefficient (Wildman–Crippen LogP) is 1.87. The van der Waals surface area contributed by atoms with E-state index in [-0.39, 0.29) is 11.9 Å². The molecule has 1 aromatic rings. The summed E-state index contributed by atoms with van der Waals surface area (Å²) >= 11 is 0. The Morgan fingerprint density at radius 2 is 1.90 bits per heavy atom. The van der Waals surface area contributed by atoms with Gasteiger partial charge in [0.2, 0.25) is 5.91 Å². The lowest BCUT2D eigenvalue weighted by atomic mass is 10.1. The van der Waals surface area contributed by atoms with Crippen LogP contribution >= 0.6 is 0 Å². The molecule has 5 nitrogen and oxygen atoms in total. The Morgan fingerprint density at radius 3 is 2.43 bits per heavy atom. The molecule has 0 aliphatic rings. The molecule has 21 heavy (non-hydrogen) atoms. The van der Waals surface area contributed by atoms with Crippen molar-refractivity contribution >= 4 is 17.3 Å². The maximum Gasteiger partial charge on any atom is 0.241 e. The molecule has 0 bridgehead atoms. The first kappa shape index (κ1) is 17.5. The highest BCUT2D eigenvalue weighted by molar-refractivity contribution is 5.97. The molecule has 2 unspecified atom stereocenters. The lowest BCUT2D eigenvalue weighted by molar-refractivity contribution is -0.121. The average molecular weight is 292 g/mol. The minimum absolute atomic E-state index is 0.0274. The number of carbonyl (C=O) groups excluding carboxylic acids is 1. The topological polar surface area (TPSA) is 61.6 Å². The zero-order chi connectivity index (χ0) is 16.0. The lowest BCUT2D eigenvalue weighted by Crippen LogP contribution is -2.49. The van der Waals surface area contributed by atoms with Crippen molar-refractivity contribution in [2.75, 3.05) is 38.2 Å². The molecule has 0 aliphatic carbocycles. The summed E-state index contributed by atoms with van der Waals surface area (Å²) in [6.45, 7) is 7.90. The maximum absolute atomic E-state index is 12.4. The van der Waals surface area contributed by atoms with Crippen LogP contribution in [0.5, 0.6) is 0 Å². The first-order chi connectivity index (χ1) is 9.86. The molecule has 2 atom stereocenters. The van der Waals surface area contributed by atoms with Crippen LogP contribution in [0.3, 0.4) is 0 Å². The molecule has 0 spiro atoms. The molecule has 3 N–H and O–H groups in total. The van der Waals surface area contributed by atoms with Gasteiger partial charge < -0.3 is 16.0 Å². The largest absolute Gasteiger partial charge is 0.397 e. The van der Waals surface area contributed by atoms with E-state index in [1.54, 1.807) is 6.07 Å². The number of carbonyl (C=O) groups is 1. The van der Waals surface area contributed by atoms with Gasteiger partial charge in [0.15, 0.2) is 0 Å². The number of nitrogen functional groups attached to an aromatic ring is 1. The van der Waals surface area contributed by atoms with E-state index in [0.29, 0.717) is 17.4 Å². The van der Waals surface area contributed by atoms with E-state index >= 15 is 0 Å². The number of likely N-dealkylation sites (N-methyl/N-ethyl adjacent to an activating group) is 2. The molecule has 0 aromatic heterocycles. The summed E-state index contributed by atoms with van der Waals surface area (Å²) < 4.78 is 0. The van der Waals surface area contributed by atoms with Gasteiger partial charge in [0.25, 0.3) is 0 Å². The second-order valence-electron chi connectivity index (χ2n) is 5.69. The fraction of sp³-hybridized carbons (Fsp3) is 0.562. The minimum atomic E-state index is -0.204. The third-order valence-corrected chi connectivity index (χ3v) is 3.66. The van der Waals surface area contributed by atoms with Crippen molar-refractivity contribution in [3.05, 3.63) is 24.3 Å². The third-order valence-electron chi connectivity index (χ3n) is 3.66. The zero-order valence-corrected chi connectivity index (χ0v) is 13.8. The van der Waals surface area contributed by atoms with Crippen LogP contribution < -0.4 is 11.1 Å². The summed E-state index contributed by atoms with van der Waals surface area (Å²) in [4.78, 5) is 16.8. The van der Waals surface area contributed by atoms with E-state index in [1.807, 2.05) is 39.2 Å². The first-order valence-corrected chi connectivity index (χ1v) is 7.42. The average Bonchev–Trinajstić information content (AvgIpc) is 2.41. The Labute approximate surface area is 128 Å². The first-order valence-electron chi connectivity index (χ1n) is 7.42. The van der Waals surface area contributed by atoms with Crippen molar-refractivity contribution in [3.63, 3.8) is 0 Å². The van der Waals surface area contributed by atoms with E-state index in [1.165, 1.54) is 0 Å². The van der Waals surface area contributed by atoms with Gasteiger partial charge in [0, 0.05) is 12.6 Å². The second kappa shape index (κ2) is 8.00. The van der Waals surface area contributed by atoms with Crippen LogP contribution in [0.1, 0.15) is 20.8 Å². The van der Waals surface area contributed by atoms with Gasteiger partial charge in [-0.2, -0.15) is 0 Å². The molecule has 1 amide bonds. The molecule has 0 radical (unpaired) electrons. The number of nitrogens with zero attached hydrogens (tertiary/aromatic N) is 2. The van der Waals surface area contributed by atoms with Gasteiger partial charge in [-0.3, -0.25) is 9.69 Å². The summed E-state index contributed by atoms with van der Waals surface area (Å²) in [6.07, 6.45) is 0. The number of benzene rings is 1. The van der Waals surface area contributed by atoms with Crippen LogP contribution in [-0.2, 0) is 4.79 Å². The Bertz CT molecular complexity index is 461. The van der Waals surface area contributed by atoms with Crippen LogP contribution in [-0.4, -0.2) is 55.0 Å². The van der Waals surface area contributed by atoms with E-state index in [0.717, 1.165) is 13.1 Å². The Morgan fingerprint density at radius 1 is 1.29 bits per heavy atom. The summed E-state index contributed by atoms with van der Waals surface area (Å²) in [6, 6.07) is 7.42. The van der Waals surface area contributed by atoms with Crippen molar-refractivity contribution < 1.29 is 4.79 Å². The fourth-order valence-electron chi connectivity index (χ4n) is 2.60. The van der Waals surface area contributed by atoms with Gasteiger partial charge in [-0.05, 0) is 46.6 Å². The number of para-hydroxylation sites is 2. The standard InChI is InChI=1S/C16H28N4O/c1-6-20(12(2)11-19(4)5)13(3)16(21)18-15-10-8-7-9-14(15)17/h7-10,12-13H,6,11,17H2,1-5H3,(H,18,21). The Balaban J connectivity index is 2.73. The van der Waals surface area contributed by atoms with Crippen molar-refractivity contribution in [2.45, 2.75) is 32.9 Å².